The van der Waals surface area contributed by atoms with Crippen molar-refractivity contribution in [1.82, 2.24) is 15.5 Å². The molecule has 0 saturated carbocycles. The number of likely N-dealkylation sites (N-methyl/N-ethyl adjacent to an activating group) is 1. The fourth-order valence-electron chi connectivity index (χ4n) is 1.26. The van der Waals surface area contributed by atoms with Crippen molar-refractivity contribution in [2.24, 2.45) is 0 Å². The van der Waals surface area contributed by atoms with Crippen LogP contribution in [0.2, 0.25) is 0 Å². The zero-order valence-electron chi connectivity index (χ0n) is 10.6. The normalized spacial score (nSPS) is 14.4. The molecular formula is C10H17N3O2S3. The van der Waals surface area contributed by atoms with Gasteiger partial charge in [-0.25, -0.2) is 0 Å². The van der Waals surface area contributed by atoms with E-state index in [4.69, 9.17) is 5.11 Å². The summed E-state index contributed by atoms with van der Waals surface area (Å²) in [6.45, 7) is 1.71. The maximum atomic E-state index is 11.1. The van der Waals surface area contributed by atoms with Crippen LogP contribution in [0.15, 0.2) is 8.68 Å². The lowest BCUT2D eigenvalue weighted by Crippen LogP contribution is -2.47. The summed E-state index contributed by atoms with van der Waals surface area (Å²) in [6, 6.07) is 0. The number of carboxylic acids is 1. The van der Waals surface area contributed by atoms with Crippen LogP contribution in [-0.2, 0) is 4.79 Å². The highest BCUT2D eigenvalue weighted by Gasteiger charge is 2.30. The first-order valence-corrected chi connectivity index (χ1v) is 8.47. The topological polar surface area (TPSA) is 75.1 Å². The first-order valence-electron chi connectivity index (χ1n) is 5.44. The van der Waals surface area contributed by atoms with E-state index in [-0.39, 0.29) is 0 Å². The van der Waals surface area contributed by atoms with E-state index in [9.17, 15) is 4.79 Å². The number of nitrogens with one attached hydrogen (secondary N) is 1. The number of hydrogen-bond acceptors (Lipinski definition) is 7. The Morgan fingerprint density at radius 3 is 2.67 bits per heavy atom. The first-order chi connectivity index (χ1) is 8.51. The zero-order valence-corrected chi connectivity index (χ0v) is 13.0. The Labute approximate surface area is 119 Å². The van der Waals surface area contributed by atoms with Gasteiger partial charge in [0.05, 0.1) is 0 Å². The Bertz CT molecular complexity index is 399. The molecule has 0 spiro atoms. The lowest BCUT2D eigenvalue weighted by molar-refractivity contribution is -0.144. The molecule has 1 aromatic rings. The molecule has 0 amide bonds. The largest absolute Gasteiger partial charge is 0.480 e. The first kappa shape index (κ1) is 15.7. The summed E-state index contributed by atoms with van der Waals surface area (Å²) < 4.78 is 1.91. The minimum atomic E-state index is -0.841. The highest BCUT2D eigenvalue weighted by molar-refractivity contribution is 8.02. The standard InChI is InChI=1S/C10H17N3O2S3/c1-10(11-2,7(14)15)5-4-6-17-9-13-12-8(16-3)18-9/h11H,4-6H2,1-3H3,(H,14,15). The Kier molecular flexibility index (Phi) is 6.40. The number of hydrogen-bond donors (Lipinski definition) is 2. The molecule has 2 N–H and O–H groups in total. The van der Waals surface area contributed by atoms with Crippen molar-refractivity contribution in [2.45, 2.75) is 34.0 Å². The molecule has 1 rings (SSSR count). The fraction of sp³-hybridized carbons (Fsp3) is 0.700. The molecule has 0 radical (unpaired) electrons. The lowest BCUT2D eigenvalue weighted by Gasteiger charge is -2.23. The molecule has 5 nitrogen and oxygen atoms in total. The summed E-state index contributed by atoms with van der Waals surface area (Å²) in [5, 5.41) is 20.0. The maximum absolute atomic E-state index is 11.1. The summed E-state index contributed by atoms with van der Waals surface area (Å²) in [7, 11) is 1.68. The SMILES string of the molecule is CNC(C)(CCCSc1nnc(SC)s1)C(=O)O. The van der Waals surface area contributed by atoms with Crippen molar-refractivity contribution < 1.29 is 9.90 Å². The predicted octanol–water partition coefficient (Wildman–Crippen LogP) is 2.19. The van der Waals surface area contributed by atoms with E-state index >= 15 is 0 Å². The van der Waals surface area contributed by atoms with Crippen LogP contribution in [0, 0.1) is 0 Å². The van der Waals surface area contributed by atoms with Gasteiger partial charge >= 0.3 is 5.97 Å². The monoisotopic (exact) mass is 307 g/mol. The van der Waals surface area contributed by atoms with Gasteiger partial charge in [-0.05, 0) is 33.1 Å². The van der Waals surface area contributed by atoms with Crippen molar-refractivity contribution in [3.05, 3.63) is 0 Å². The van der Waals surface area contributed by atoms with Crippen LogP contribution in [0.25, 0.3) is 0 Å². The molecule has 102 valence electrons. The third-order valence-corrected chi connectivity index (χ3v) is 5.75. The summed E-state index contributed by atoms with van der Waals surface area (Å²) in [6.07, 6.45) is 3.39. The van der Waals surface area contributed by atoms with Crippen molar-refractivity contribution in [3.63, 3.8) is 0 Å². The van der Waals surface area contributed by atoms with Gasteiger partial charge < -0.3 is 10.4 Å². The summed E-state index contributed by atoms with van der Waals surface area (Å²) in [5.41, 5.74) is -0.841. The Morgan fingerprint density at radius 1 is 1.50 bits per heavy atom. The maximum Gasteiger partial charge on any atom is 0.323 e. The van der Waals surface area contributed by atoms with E-state index in [1.54, 1.807) is 48.8 Å². The van der Waals surface area contributed by atoms with Crippen LogP contribution >= 0.6 is 34.9 Å². The molecule has 1 heterocycles. The molecule has 1 aromatic heterocycles. The number of aliphatic carboxylic acids is 1. The average molecular weight is 307 g/mol. The summed E-state index contributed by atoms with van der Waals surface area (Å²) in [4.78, 5) is 11.1. The molecule has 0 bridgehead atoms. The van der Waals surface area contributed by atoms with E-state index in [2.05, 4.69) is 15.5 Å². The molecule has 0 saturated heterocycles. The molecule has 0 aliphatic heterocycles. The second-order valence-corrected chi connectivity index (χ2v) is 7.25. The van der Waals surface area contributed by atoms with Gasteiger partial charge in [0.15, 0.2) is 8.68 Å². The fourth-order valence-corrected chi connectivity index (χ4v) is 3.71. The molecule has 8 heteroatoms. The molecule has 0 aliphatic carbocycles. The number of carbonyl (C=O) groups is 1. The highest BCUT2D eigenvalue weighted by Crippen LogP contribution is 2.28. The average Bonchev–Trinajstić information content (AvgIpc) is 2.82. The second-order valence-electron chi connectivity index (χ2n) is 3.88. The van der Waals surface area contributed by atoms with Crippen molar-refractivity contribution in [1.29, 1.82) is 0 Å². The molecule has 1 atom stereocenters. The van der Waals surface area contributed by atoms with Gasteiger partial charge in [0, 0.05) is 5.75 Å². The van der Waals surface area contributed by atoms with E-state index in [1.165, 1.54) is 0 Å². The van der Waals surface area contributed by atoms with Gasteiger partial charge in [0.25, 0.3) is 0 Å². The van der Waals surface area contributed by atoms with Crippen LogP contribution in [0.5, 0.6) is 0 Å². The van der Waals surface area contributed by atoms with Gasteiger partial charge in [-0.3, -0.25) is 4.79 Å². The number of rotatable bonds is 8. The van der Waals surface area contributed by atoms with Crippen LogP contribution in [0.3, 0.4) is 0 Å². The number of thioether (sulfide) groups is 2. The summed E-state index contributed by atoms with van der Waals surface area (Å²) in [5.74, 6) is 0.0451. The molecule has 0 aliphatic rings. The minimum absolute atomic E-state index is 0.597. The van der Waals surface area contributed by atoms with E-state index in [0.717, 1.165) is 20.9 Å². The second kappa shape index (κ2) is 7.32. The molecular weight excluding hydrogens is 290 g/mol. The van der Waals surface area contributed by atoms with Crippen molar-refractivity contribution in [2.75, 3.05) is 19.1 Å². The predicted molar refractivity (Wildman–Crippen MR) is 76.7 cm³/mol. The van der Waals surface area contributed by atoms with E-state index < -0.39 is 11.5 Å². The Balaban J connectivity index is 2.32. The Morgan fingerprint density at radius 2 is 2.17 bits per heavy atom. The lowest BCUT2D eigenvalue weighted by atomic mass is 9.97. The van der Waals surface area contributed by atoms with Gasteiger partial charge in [-0.2, -0.15) is 0 Å². The summed E-state index contributed by atoms with van der Waals surface area (Å²) >= 11 is 4.79. The van der Waals surface area contributed by atoms with Crippen LogP contribution in [0.1, 0.15) is 19.8 Å². The molecule has 0 fully saturated rings. The van der Waals surface area contributed by atoms with Gasteiger partial charge in [-0.15, -0.1) is 10.2 Å². The van der Waals surface area contributed by atoms with E-state index in [0.29, 0.717) is 6.42 Å². The van der Waals surface area contributed by atoms with E-state index in [1.807, 2.05) is 6.26 Å². The van der Waals surface area contributed by atoms with Crippen LogP contribution in [-0.4, -0.2) is 45.9 Å². The van der Waals surface area contributed by atoms with Gasteiger partial charge in [-0.1, -0.05) is 34.9 Å². The van der Waals surface area contributed by atoms with Gasteiger partial charge in [0.2, 0.25) is 0 Å². The molecule has 1 unspecified atom stereocenters. The number of carboxylic acid groups (broad SMARTS) is 1. The number of aromatic nitrogens is 2. The van der Waals surface area contributed by atoms with Gasteiger partial charge in [0.1, 0.15) is 5.54 Å². The van der Waals surface area contributed by atoms with Crippen molar-refractivity contribution >= 4 is 40.8 Å². The quantitative estimate of drug-likeness (QED) is 0.563. The highest BCUT2D eigenvalue weighted by atomic mass is 32.2. The third kappa shape index (κ3) is 4.42. The Hall–Kier alpha value is -0.310. The van der Waals surface area contributed by atoms with Crippen LogP contribution < -0.4 is 5.32 Å². The molecule has 0 aromatic carbocycles. The van der Waals surface area contributed by atoms with Crippen LogP contribution in [0.4, 0.5) is 0 Å². The third-order valence-electron chi connectivity index (χ3n) is 2.63. The minimum Gasteiger partial charge on any atom is -0.480 e. The zero-order chi connectivity index (χ0) is 13.6. The molecule has 18 heavy (non-hydrogen) atoms. The number of nitrogens with zero attached hydrogens (tertiary/aromatic N) is 2. The van der Waals surface area contributed by atoms with Crippen molar-refractivity contribution in [3.8, 4) is 0 Å². The smallest absolute Gasteiger partial charge is 0.323 e.